The highest BCUT2D eigenvalue weighted by molar-refractivity contribution is 7.92. The van der Waals surface area contributed by atoms with Gasteiger partial charge in [0.25, 0.3) is 0 Å². The van der Waals surface area contributed by atoms with Crippen LogP contribution in [-0.4, -0.2) is 73.4 Å². The first kappa shape index (κ1) is 26.0. The van der Waals surface area contributed by atoms with Gasteiger partial charge in [-0.2, -0.15) is 4.98 Å². The number of para-hydroxylation sites is 1. The zero-order valence-electron chi connectivity index (χ0n) is 22.4. The molecule has 0 unspecified atom stereocenters. The Labute approximate surface area is 224 Å². The topological polar surface area (TPSA) is 86.6 Å². The number of nitrogens with zero attached hydrogens (tertiary/aromatic N) is 6. The molecule has 9 nitrogen and oxygen atoms in total. The van der Waals surface area contributed by atoms with Crippen molar-refractivity contribution in [1.82, 2.24) is 19.4 Å². The molecule has 2 aromatic carbocycles. The Morgan fingerprint density at radius 3 is 2.39 bits per heavy atom. The molecule has 1 aliphatic heterocycles. The third kappa shape index (κ3) is 5.61. The van der Waals surface area contributed by atoms with Crippen LogP contribution >= 0.6 is 0 Å². The van der Waals surface area contributed by atoms with Gasteiger partial charge >= 0.3 is 0 Å². The molecule has 0 amide bonds. The zero-order chi connectivity index (χ0) is 26.9. The molecule has 1 saturated heterocycles. The maximum Gasteiger partial charge on any atom is 0.232 e. The quantitative estimate of drug-likeness (QED) is 0.364. The Bertz CT molecular complexity index is 1510. The van der Waals surface area contributed by atoms with Crippen LogP contribution in [0.15, 0.2) is 67.0 Å². The minimum atomic E-state index is -3.37. The lowest BCUT2D eigenvalue weighted by atomic mass is 10.2. The fraction of sp³-hybridized carbons (Fsp3) is 0.357. The van der Waals surface area contributed by atoms with Crippen LogP contribution in [0.2, 0.25) is 0 Å². The molecule has 0 saturated carbocycles. The van der Waals surface area contributed by atoms with Gasteiger partial charge in [-0.25, -0.2) is 13.4 Å². The molecule has 0 spiro atoms. The number of hydrogen-bond acceptors (Lipinski definition) is 7. The van der Waals surface area contributed by atoms with Crippen molar-refractivity contribution < 1.29 is 8.42 Å². The first-order chi connectivity index (χ1) is 18.2. The first-order valence-electron chi connectivity index (χ1n) is 12.9. The summed E-state index contributed by atoms with van der Waals surface area (Å²) in [4.78, 5) is 14.2. The molecule has 0 atom stereocenters. The van der Waals surface area contributed by atoms with E-state index in [4.69, 9.17) is 4.98 Å². The lowest BCUT2D eigenvalue weighted by Gasteiger charge is -2.38. The van der Waals surface area contributed by atoms with Gasteiger partial charge in [-0.05, 0) is 55.8 Å². The summed E-state index contributed by atoms with van der Waals surface area (Å²) in [6.07, 6.45) is 4.96. The van der Waals surface area contributed by atoms with Gasteiger partial charge in [0.2, 0.25) is 16.0 Å². The van der Waals surface area contributed by atoms with Crippen LogP contribution in [0.4, 0.5) is 23.0 Å². The van der Waals surface area contributed by atoms with Crippen LogP contribution in [0.3, 0.4) is 0 Å². The van der Waals surface area contributed by atoms with Crippen LogP contribution < -0.4 is 14.5 Å². The van der Waals surface area contributed by atoms with Crippen molar-refractivity contribution in [3.05, 3.63) is 72.6 Å². The van der Waals surface area contributed by atoms with Gasteiger partial charge in [0.05, 0.1) is 18.5 Å². The van der Waals surface area contributed by atoms with Gasteiger partial charge in [0, 0.05) is 68.4 Å². The summed E-state index contributed by atoms with van der Waals surface area (Å²) in [6, 6.07) is 18.5. The third-order valence-corrected chi connectivity index (χ3v) is 8.40. The van der Waals surface area contributed by atoms with E-state index in [1.807, 2.05) is 41.1 Å². The molecule has 3 heterocycles. The van der Waals surface area contributed by atoms with Gasteiger partial charge in [0.15, 0.2) is 0 Å². The zero-order valence-corrected chi connectivity index (χ0v) is 23.2. The van der Waals surface area contributed by atoms with Gasteiger partial charge in [-0.15, -0.1) is 0 Å². The van der Waals surface area contributed by atoms with Crippen LogP contribution in [0, 0.1) is 0 Å². The van der Waals surface area contributed by atoms with E-state index in [9.17, 15) is 8.42 Å². The average molecular weight is 534 g/mol. The van der Waals surface area contributed by atoms with Crippen molar-refractivity contribution in [3.63, 3.8) is 0 Å². The van der Waals surface area contributed by atoms with Crippen molar-refractivity contribution in [2.45, 2.75) is 26.4 Å². The van der Waals surface area contributed by atoms with E-state index in [0.717, 1.165) is 48.5 Å². The molecular formula is C28H35N7O2S. The smallest absolute Gasteiger partial charge is 0.232 e. The predicted molar refractivity (Wildman–Crippen MR) is 155 cm³/mol. The molecule has 1 aliphatic rings. The van der Waals surface area contributed by atoms with E-state index in [1.54, 1.807) is 13.2 Å². The molecule has 1 fully saturated rings. The van der Waals surface area contributed by atoms with Crippen LogP contribution in [-0.2, 0) is 16.6 Å². The van der Waals surface area contributed by atoms with Crippen molar-refractivity contribution in [2.75, 3.05) is 54.0 Å². The molecule has 10 heteroatoms. The Kier molecular flexibility index (Phi) is 7.27. The fourth-order valence-corrected chi connectivity index (χ4v) is 5.39. The number of nitrogens with one attached hydrogen (secondary N) is 1. The molecule has 4 aromatic rings. The Morgan fingerprint density at radius 1 is 1.00 bits per heavy atom. The van der Waals surface area contributed by atoms with Crippen LogP contribution in [0.1, 0.15) is 19.4 Å². The Hall–Kier alpha value is -3.63. The summed E-state index contributed by atoms with van der Waals surface area (Å²) >= 11 is 0. The number of piperazine rings is 1. The number of rotatable bonds is 8. The molecular weight excluding hydrogens is 498 g/mol. The summed E-state index contributed by atoms with van der Waals surface area (Å²) in [6.45, 7) is 9.22. The normalized spacial score (nSPS) is 14.8. The summed E-state index contributed by atoms with van der Waals surface area (Å²) in [5, 5.41) is 4.25. The third-order valence-electron chi connectivity index (χ3n) is 7.20. The maximum atomic E-state index is 12.2. The summed E-state index contributed by atoms with van der Waals surface area (Å²) in [7, 11) is -1.80. The second kappa shape index (κ2) is 10.6. The summed E-state index contributed by atoms with van der Waals surface area (Å²) in [5.41, 5.74) is 4.46. The first-order valence-corrected chi connectivity index (χ1v) is 14.7. The Morgan fingerprint density at radius 2 is 1.71 bits per heavy atom. The van der Waals surface area contributed by atoms with Crippen molar-refractivity contribution in [3.8, 4) is 0 Å². The molecule has 0 radical (unpaired) electrons. The average Bonchev–Trinajstić information content (AvgIpc) is 3.30. The number of sulfonamides is 1. The molecule has 1 N–H and O–H groups in total. The molecule has 2 aromatic heterocycles. The Balaban J connectivity index is 1.32. The van der Waals surface area contributed by atoms with E-state index in [2.05, 4.69) is 58.2 Å². The van der Waals surface area contributed by atoms with E-state index in [1.165, 1.54) is 16.2 Å². The lowest BCUT2D eigenvalue weighted by Crippen LogP contribution is -2.48. The maximum absolute atomic E-state index is 12.2. The number of hydrogen-bond donors (Lipinski definition) is 1. The monoisotopic (exact) mass is 533 g/mol. The minimum Gasteiger partial charge on any atom is -0.369 e. The molecule has 200 valence electrons. The largest absolute Gasteiger partial charge is 0.369 e. The fourth-order valence-electron chi connectivity index (χ4n) is 4.85. The molecule has 5 rings (SSSR count). The second-order valence-electron chi connectivity index (χ2n) is 10.1. The van der Waals surface area contributed by atoms with E-state index < -0.39 is 10.0 Å². The van der Waals surface area contributed by atoms with Crippen LogP contribution in [0.5, 0.6) is 0 Å². The minimum absolute atomic E-state index is 0.481. The van der Waals surface area contributed by atoms with E-state index in [-0.39, 0.29) is 0 Å². The highest BCUT2D eigenvalue weighted by atomic mass is 32.2. The summed E-state index contributed by atoms with van der Waals surface area (Å²) < 4.78 is 27.6. The molecule has 38 heavy (non-hydrogen) atoms. The van der Waals surface area contributed by atoms with Crippen molar-refractivity contribution in [1.29, 1.82) is 0 Å². The summed E-state index contributed by atoms with van der Waals surface area (Å²) in [5.74, 6) is 0.511. The molecule has 0 aliphatic carbocycles. The van der Waals surface area contributed by atoms with Crippen molar-refractivity contribution >= 4 is 44.1 Å². The SMILES string of the molecule is CC(C)N1CCN(c2ccc(Nc3ncc4ccn(Cc5ccccc5N(C)S(C)(=O)=O)c4n3)cc2)CC1. The standard InChI is InChI=1S/C28H35N7O2S/c1-21(2)33-15-17-34(18-16-33)25-11-9-24(10-12-25)30-28-29-19-22-13-14-35(27(22)31-28)20-23-7-5-6-8-26(23)32(3)38(4,36)37/h5-14,19,21H,15-18,20H2,1-4H3,(H,29,30,31). The predicted octanol–water partition coefficient (Wildman–Crippen LogP) is 4.15. The lowest BCUT2D eigenvalue weighted by molar-refractivity contribution is 0.209. The van der Waals surface area contributed by atoms with Gasteiger partial charge in [0.1, 0.15) is 5.65 Å². The number of benzene rings is 2. The number of anilines is 4. The number of fused-ring (bicyclic) bond motifs is 1. The van der Waals surface area contributed by atoms with Crippen molar-refractivity contribution in [2.24, 2.45) is 0 Å². The van der Waals surface area contributed by atoms with E-state index >= 15 is 0 Å². The van der Waals surface area contributed by atoms with Crippen LogP contribution in [0.25, 0.3) is 11.0 Å². The van der Waals surface area contributed by atoms with Gasteiger partial charge in [-0.3, -0.25) is 9.21 Å². The van der Waals surface area contributed by atoms with Gasteiger partial charge in [-0.1, -0.05) is 18.2 Å². The highest BCUT2D eigenvalue weighted by Crippen LogP contribution is 2.26. The molecule has 0 bridgehead atoms. The van der Waals surface area contributed by atoms with Gasteiger partial charge < -0.3 is 14.8 Å². The second-order valence-corrected chi connectivity index (χ2v) is 12.1. The highest BCUT2D eigenvalue weighted by Gasteiger charge is 2.19. The van der Waals surface area contributed by atoms with E-state index in [0.29, 0.717) is 24.2 Å². The number of aromatic nitrogens is 3.